The Labute approximate surface area is 147 Å². The summed E-state index contributed by atoms with van der Waals surface area (Å²) in [6.07, 6.45) is 3.26. The van der Waals surface area contributed by atoms with Gasteiger partial charge in [-0.1, -0.05) is 29.8 Å². The minimum absolute atomic E-state index is 0.105. The maximum Gasteiger partial charge on any atom is 0.278 e. The second kappa shape index (κ2) is 7.36. The highest BCUT2D eigenvalue weighted by atomic mass is 35.5. The van der Waals surface area contributed by atoms with Crippen molar-refractivity contribution in [3.63, 3.8) is 0 Å². The molecule has 0 aliphatic carbocycles. The molecule has 7 heteroatoms. The van der Waals surface area contributed by atoms with Crippen molar-refractivity contribution < 1.29 is 13.6 Å². The van der Waals surface area contributed by atoms with Crippen LogP contribution in [0, 0.1) is 11.6 Å². The molecule has 0 unspecified atom stereocenters. The average Bonchev–Trinajstić information content (AvgIpc) is 2.56. The summed E-state index contributed by atoms with van der Waals surface area (Å²) in [6, 6.07) is 10.6. The first-order valence-electron chi connectivity index (χ1n) is 7.33. The van der Waals surface area contributed by atoms with Crippen LogP contribution in [0.5, 0.6) is 0 Å². The molecule has 1 amide bonds. The van der Waals surface area contributed by atoms with Gasteiger partial charge in [-0.25, -0.2) is 18.7 Å². The van der Waals surface area contributed by atoms with Crippen LogP contribution in [-0.2, 0) is 6.42 Å². The summed E-state index contributed by atoms with van der Waals surface area (Å²) in [5.41, 5.74) is 1.29. The van der Waals surface area contributed by atoms with E-state index >= 15 is 0 Å². The molecule has 3 rings (SSSR count). The summed E-state index contributed by atoms with van der Waals surface area (Å²) in [4.78, 5) is 19.8. The number of rotatable bonds is 4. The highest BCUT2D eigenvalue weighted by molar-refractivity contribution is 6.30. The van der Waals surface area contributed by atoms with Gasteiger partial charge in [-0.05, 0) is 41.8 Å². The van der Waals surface area contributed by atoms with Gasteiger partial charge in [0.1, 0.15) is 11.6 Å². The Kier molecular flexibility index (Phi) is 5.00. The van der Waals surface area contributed by atoms with Crippen LogP contribution in [-0.4, -0.2) is 15.9 Å². The molecule has 0 saturated carbocycles. The smallest absolute Gasteiger partial charge is 0.278 e. The summed E-state index contributed by atoms with van der Waals surface area (Å²) in [6.45, 7) is 0. The molecule has 126 valence electrons. The van der Waals surface area contributed by atoms with E-state index in [0.29, 0.717) is 6.42 Å². The maximum atomic E-state index is 13.7. The number of halogens is 3. The van der Waals surface area contributed by atoms with Crippen molar-refractivity contribution in [3.05, 3.63) is 88.3 Å². The number of aromatic nitrogens is 2. The molecule has 4 nitrogen and oxygen atoms in total. The van der Waals surface area contributed by atoms with E-state index in [1.807, 2.05) is 6.07 Å². The van der Waals surface area contributed by atoms with Gasteiger partial charge in [0.2, 0.25) is 0 Å². The number of anilines is 1. The van der Waals surface area contributed by atoms with Crippen LogP contribution in [0.25, 0.3) is 0 Å². The Hall–Kier alpha value is -2.86. The van der Waals surface area contributed by atoms with Gasteiger partial charge in [0.25, 0.3) is 5.91 Å². The molecule has 0 aliphatic rings. The van der Waals surface area contributed by atoms with Crippen LogP contribution in [0.1, 0.15) is 21.6 Å². The minimum atomic E-state index is -0.812. The number of pyridine rings is 2. The second-order valence-corrected chi connectivity index (χ2v) is 5.73. The molecule has 0 saturated heterocycles. The molecular formula is C18H12ClF2N3O. The molecule has 0 radical (unpaired) electrons. The fraction of sp³-hybridized carbons (Fsp3) is 0.0556. The van der Waals surface area contributed by atoms with Crippen LogP contribution < -0.4 is 5.32 Å². The number of benzene rings is 1. The zero-order valence-corrected chi connectivity index (χ0v) is 13.6. The number of amides is 1. The standard InChI is InChI=1S/C18H12ClF2N3O/c19-13-8-15(21)17(23-10-13)18(25)24-16-5-4-12(9-22-16)6-11-2-1-3-14(20)7-11/h1-5,7-10H,6H2,(H,22,24,25). The third-order valence-electron chi connectivity index (χ3n) is 3.39. The minimum Gasteiger partial charge on any atom is -0.305 e. The molecule has 0 spiro atoms. The van der Waals surface area contributed by atoms with Crippen LogP contribution in [0.2, 0.25) is 5.02 Å². The molecule has 2 aromatic heterocycles. The van der Waals surface area contributed by atoms with Crippen molar-refractivity contribution in [2.75, 3.05) is 5.32 Å². The van der Waals surface area contributed by atoms with Gasteiger partial charge >= 0.3 is 0 Å². The van der Waals surface area contributed by atoms with E-state index in [4.69, 9.17) is 11.6 Å². The molecule has 0 fully saturated rings. The van der Waals surface area contributed by atoms with Crippen molar-refractivity contribution in [2.45, 2.75) is 6.42 Å². The lowest BCUT2D eigenvalue weighted by molar-refractivity contribution is 0.101. The maximum absolute atomic E-state index is 13.7. The first-order chi connectivity index (χ1) is 12.0. The Morgan fingerprint density at radius 1 is 1.04 bits per heavy atom. The van der Waals surface area contributed by atoms with E-state index < -0.39 is 11.7 Å². The topological polar surface area (TPSA) is 54.9 Å². The summed E-state index contributed by atoms with van der Waals surface area (Å²) in [5.74, 6) is -1.58. The van der Waals surface area contributed by atoms with Crippen molar-refractivity contribution in [1.29, 1.82) is 0 Å². The molecule has 3 aromatic rings. The van der Waals surface area contributed by atoms with Crippen LogP contribution >= 0.6 is 11.6 Å². The number of nitrogens with one attached hydrogen (secondary N) is 1. The van der Waals surface area contributed by atoms with E-state index in [-0.39, 0.29) is 22.4 Å². The second-order valence-electron chi connectivity index (χ2n) is 5.30. The fourth-order valence-corrected chi connectivity index (χ4v) is 2.39. The van der Waals surface area contributed by atoms with Crippen molar-refractivity contribution >= 4 is 23.3 Å². The first-order valence-corrected chi connectivity index (χ1v) is 7.71. The molecule has 0 atom stereocenters. The summed E-state index contributed by atoms with van der Waals surface area (Å²) >= 11 is 5.61. The van der Waals surface area contributed by atoms with E-state index in [9.17, 15) is 13.6 Å². The van der Waals surface area contributed by atoms with Crippen molar-refractivity contribution in [3.8, 4) is 0 Å². The SMILES string of the molecule is O=C(Nc1ccc(Cc2cccc(F)c2)cn1)c1ncc(Cl)cc1F. The molecule has 0 bridgehead atoms. The van der Waals surface area contributed by atoms with Crippen LogP contribution in [0.3, 0.4) is 0 Å². The van der Waals surface area contributed by atoms with Gasteiger partial charge in [-0.3, -0.25) is 4.79 Å². The third-order valence-corrected chi connectivity index (χ3v) is 3.59. The third kappa shape index (κ3) is 4.36. The predicted molar refractivity (Wildman–Crippen MR) is 90.6 cm³/mol. The number of carbonyl (C=O) groups is 1. The molecule has 25 heavy (non-hydrogen) atoms. The number of carbonyl (C=O) groups excluding carboxylic acids is 1. The zero-order valence-electron chi connectivity index (χ0n) is 12.8. The highest BCUT2D eigenvalue weighted by Gasteiger charge is 2.14. The Balaban J connectivity index is 1.69. The quantitative estimate of drug-likeness (QED) is 0.757. The Morgan fingerprint density at radius 3 is 2.56 bits per heavy atom. The predicted octanol–water partition coefficient (Wildman–Crippen LogP) is 4.25. The Morgan fingerprint density at radius 2 is 1.88 bits per heavy atom. The van der Waals surface area contributed by atoms with Gasteiger partial charge in [-0.2, -0.15) is 0 Å². The van der Waals surface area contributed by atoms with E-state index in [2.05, 4.69) is 15.3 Å². The van der Waals surface area contributed by atoms with E-state index in [1.165, 1.54) is 18.3 Å². The van der Waals surface area contributed by atoms with Crippen molar-refractivity contribution in [2.24, 2.45) is 0 Å². The van der Waals surface area contributed by atoms with Gasteiger partial charge in [0, 0.05) is 12.4 Å². The number of hydrogen-bond acceptors (Lipinski definition) is 3. The Bertz CT molecular complexity index is 916. The van der Waals surface area contributed by atoms with Crippen molar-refractivity contribution in [1.82, 2.24) is 9.97 Å². The number of nitrogens with zero attached hydrogens (tertiary/aromatic N) is 2. The van der Waals surface area contributed by atoms with Gasteiger partial charge in [-0.15, -0.1) is 0 Å². The molecule has 1 aromatic carbocycles. The lowest BCUT2D eigenvalue weighted by Crippen LogP contribution is -2.16. The molecular weight excluding hydrogens is 348 g/mol. The average molecular weight is 360 g/mol. The van der Waals surface area contributed by atoms with E-state index in [0.717, 1.165) is 17.2 Å². The summed E-state index contributed by atoms with van der Waals surface area (Å²) in [5, 5.41) is 2.57. The van der Waals surface area contributed by atoms with Gasteiger partial charge < -0.3 is 5.32 Å². The summed E-state index contributed by atoms with van der Waals surface area (Å²) < 4.78 is 26.9. The van der Waals surface area contributed by atoms with E-state index in [1.54, 1.807) is 24.4 Å². The van der Waals surface area contributed by atoms with Gasteiger partial charge in [0.05, 0.1) is 5.02 Å². The zero-order chi connectivity index (χ0) is 17.8. The molecule has 0 aliphatic heterocycles. The lowest BCUT2D eigenvalue weighted by atomic mass is 10.1. The molecule has 2 heterocycles. The lowest BCUT2D eigenvalue weighted by Gasteiger charge is -2.06. The number of hydrogen-bond donors (Lipinski definition) is 1. The fourth-order valence-electron chi connectivity index (χ4n) is 2.24. The monoisotopic (exact) mass is 359 g/mol. The highest BCUT2D eigenvalue weighted by Crippen LogP contribution is 2.15. The largest absolute Gasteiger partial charge is 0.305 e. The van der Waals surface area contributed by atoms with Crippen LogP contribution in [0.4, 0.5) is 14.6 Å². The normalized spacial score (nSPS) is 10.5. The van der Waals surface area contributed by atoms with Crippen LogP contribution in [0.15, 0.2) is 54.9 Å². The molecule has 1 N–H and O–H groups in total. The first kappa shape index (κ1) is 17.0. The summed E-state index contributed by atoms with van der Waals surface area (Å²) in [7, 11) is 0. The van der Waals surface area contributed by atoms with Gasteiger partial charge in [0.15, 0.2) is 11.5 Å².